The molecule has 0 spiro atoms. The van der Waals surface area contributed by atoms with Crippen LogP contribution in [0.1, 0.15) is 11.8 Å². The summed E-state index contributed by atoms with van der Waals surface area (Å²) in [6.07, 6.45) is -0.797. The predicted octanol–water partition coefficient (Wildman–Crippen LogP) is -1.37. The van der Waals surface area contributed by atoms with Crippen LogP contribution >= 0.6 is 9.24 Å². The lowest BCUT2D eigenvalue weighted by molar-refractivity contribution is -0.0530. The lowest BCUT2D eigenvalue weighted by atomic mass is 10.2. The lowest BCUT2D eigenvalue weighted by Gasteiger charge is -2.18. The standard InChI is InChI=1S/C10H16N3O4P/c1-4-2-13(10(16)12-8(4)11)9-6(15)7(18)5(3-14)17-9/h2,5-7,9,14-15H,3,18H2,1H3,(H2,11,12,16). The number of hydrogen-bond donors (Lipinski definition) is 3. The van der Waals surface area contributed by atoms with Gasteiger partial charge >= 0.3 is 5.69 Å². The molecule has 5 unspecified atom stereocenters. The van der Waals surface area contributed by atoms with Gasteiger partial charge in [0.15, 0.2) is 6.23 Å². The van der Waals surface area contributed by atoms with Crippen molar-refractivity contribution in [2.45, 2.75) is 31.0 Å². The van der Waals surface area contributed by atoms with E-state index in [0.717, 1.165) is 0 Å². The number of anilines is 1. The molecule has 0 aliphatic carbocycles. The van der Waals surface area contributed by atoms with Gasteiger partial charge in [0.05, 0.1) is 12.7 Å². The van der Waals surface area contributed by atoms with Crippen molar-refractivity contribution in [2.24, 2.45) is 0 Å². The van der Waals surface area contributed by atoms with Crippen LogP contribution in [-0.4, -0.2) is 44.2 Å². The van der Waals surface area contributed by atoms with Crippen LogP contribution in [0.25, 0.3) is 0 Å². The van der Waals surface area contributed by atoms with Crippen LogP contribution < -0.4 is 11.4 Å². The van der Waals surface area contributed by atoms with Crippen LogP contribution in [-0.2, 0) is 4.74 Å². The van der Waals surface area contributed by atoms with E-state index in [1.165, 1.54) is 10.8 Å². The molecule has 7 nitrogen and oxygen atoms in total. The molecule has 8 heteroatoms. The van der Waals surface area contributed by atoms with Crippen LogP contribution in [0, 0.1) is 6.92 Å². The first-order valence-electron chi connectivity index (χ1n) is 5.51. The molecule has 0 radical (unpaired) electrons. The van der Waals surface area contributed by atoms with Crippen molar-refractivity contribution >= 4 is 15.1 Å². The Bertz CT molecular complexity index is 506. The summed E-state index contributed by atoms with van der Waals surface area (Å²) in [5, 5.41) is 19.1. The third-order valence-electron chi connectivity index (χ3n) is 3.06. The summed E-state index contributed by atoms with van der Waals surface area (Å²) in [6.45, 7) is 1.49. The molecule has 2 heterocycles. The number of hydrogen-bond acceptors (Lipinski definition) is 6. The molecule has 4 N–H and O–H groups in total. The number of rotatable bonds is 2. The van der Waals surface area contributed by atoms with E-state index in [4.69, 9.17) is 15.6 Å². The Hall–Kier alpha value is -1.01. The molecule has 0 bridgehead atoms. The minimum atomic E-state index is -0.908. The molecule has 1 aliphatic rings. The molecule has 1 saturated heterocycles. The van der Waals surface area contributed by atoms with Crippen molar-refractivity contribution in [2.75, 3.05) is 12.3 Å². The van der Waals surface area contributed by atoms with Gasteiger partial charge in [-0.25, -0.2) is 4.79 Å². The van der Waals surface area contributed by atoms with Gasteiger partial charge in [-0.15, -0.1) is 9.24 Å². The molecule has 100 valence electrons. The number of aliphatic hydroxyl groups is 2. The molecule has 1 aliphatic heterocycles. The zero-order chi connectivity index (χ0) is 13.4. The summed E-state index contributed by atoms with van der Waals surface area (Å²) in [6, 6.07) is 0. The fourth-order valence-corrected chi connectivity index (χ4v) is 2.32. The summed E-state index contributed by atoms with van der Waals surface area (Å²) in [5.41, 5.74) is 5.23. The van der Waals surface area contributed by atoms with Gasteiger partial charge in [-0.2, -0.15) is 4.98 Å². The van der Waals surface area contributed by atoms with Crippen LogP contribution in [0.4, 0.5) is 5.82 Å². The van der Waals surface area contributed by atoms with Gasteiger partial charge in [-0.3, -0.25) is 4.57 Å². The summed E-state index contributed by atoms with van der Waals surface area (Å²) in [7, 11) is 2.41. The van der Waals surface area contributed by atoms with E-state index in [2.05, 4.69) is 14.2 Å². The average Bonchev–Trinajstić information content (AvgIpc) is 2.61. The lowest BCUT2D eigenvalue weighted by Crippen LogP contribution is -2.34. The van der Waals surface area contributed by atoms with Crippen LogP contribution in [0.3, 0.4) is 0 Å². The zero-order valence-corrected chi connectivity index (χ0v) is 11.0. The quantitative estimate of drug-likeness (QED) is 0.573. The topological polar surface area (TPSA) is 111 Å². The van der Waals surface area contributed by atoms with Crippen LogP contribution in [0.5, 0.6) is 0 Å². The van der Waals surface area contributed by atoms with E-state index in [-0.39, 0.29) is 18.1 Å². The summed E-state index contributed by atoms with van der Waals surface area (Å²) in [4.78, 5) is 15.4. The number of ether oxygens (including phenoxy) is 1. The van der Waals surface area contributed by atoms with Gasteiger partial charge in [-0.05, 0) is 6.92 Å². The molecule has 1 fully saturated rings. The monoisotopic (exact) mass is 273 g/mol. The summed E-state index contributed by atoms with van der Waals surface area (Å²) >= 11 is 0. The van der Waals surface area contributed by atoms with E-state index in [0.29, 0.717) is 5.56 Å². The molecule has 18 heavy (non-hydrogen) atoms. The van der Waals surface area contributed by atoms with Crippen molar-refractivity contribution in [3.8, 4) is 0 Å². The number of aryl methyl sites for hydroxylation is 1. The second-order valence-corrected chi connectivity index (χ2v) is 5.08. The molecular weight excluding hydrogens is 257 g/mol. The van der Waals surface area contributed by atoms with Gasteiger partial charge in [0, 0.05) is 17.4 Å². The molecule has 2 rings (SSSR count). The minimum Gasteiger partial charge on any atom is -0.394 e. The largest absolute Gasteiger partial charge is 0.394 e. The number of nitrogens with two attached hydrogens (primary N) is 1. The highest BCUT2D eigenvalue weighted by atomic mass is 31.0. The number of nitrogen functional groups attached to an aromatic ring is 1. The Morgan fingerprint density at radius 3 is 2.89 bits per heavy atom. The Labute approximate surface area is 106 Å². The fraction of sp³-hybridized carbons (Fsp3) is 0.600. The second kappa shape index (κ2) is 4.93. The molecule has 0 saturated carbocycles. The van der Waals surface area contributed by atoms with Gasteiger partial charge in [0.2, 0.25) is 0 Å². The van der Waals surface area contributed by atoms with E-state index < -0.39 is 24.1 Å². The van der Waals surface area contributed by atoms with Crippen LogP contribution in [0.2, 0.25) is 0 Å². The third kappa shape index (κ3) is 2.14. The van der Waals surface area contributed by atoms with E-state index >= 15 is 0 Å². The van der Waals surface area contributed by atoms with E-state index in [1.54, 1.807) is 6.92 Å². The summed E-state index contributed by atoms with van der Waals surface area (Å²) in [5.74, 6) is 0.157. The second-order valence-electron chi connectivity index (χ2n) is 4.31. The fourth-order valence-electron chi connectivity index (χ4n) is 1.92. The van der Waals surface area contributed by atoms with Gasteiger partial charge < -0.3 is 20.7 Å². The maximum Gasteiger partial charge on any atom is 0.351 e. The number of aromatic nitrogens is 2. The predicted molar refractivity (Wildman–Crippen MR) is 68.1 cm³/mol. The molecule has 5 atom stereocenters. The summed E-state index contributed by atoms with van der Waals surface area (Å²) < 4.78 is 6.66. The normalized spacial score (nSPS) is 31.8. The third-order valence-corrected chi connectivity index (χ3v) is 3.88. The van der Waals surface area contributed by atoms with Gasteiger partial charge in [0.25, 0.3) is 0 Å². The SMILES string of the molecule is Cc1cn(C2OC(CO)C(P)C2O)c(=O)nc1N. The van der Waals surface area contributed by atoms with E-state index in [1.807, 2.05) is 0 Å². The maximum absolute atomic E-state index is 11.7. The Kier molecular flexibility index (Phi) is 3.68. The Morgan fingerprint density at radius 1 is 1.67 bits per heavy atom. The van der Waals surface area contributed by atoms with Crippen molar-refractivity contribution in [3.05, 3.63) is 22.2 Å². The molecule has 1 aromatic heterocycles. The highest BCUT2D eigenvalue weighted by Crippen LogP contribution is 2.33. The van der Waals surface area contributed by atoms with Crippen molar-refractivity contribution in [1.82, 2.24) is 9.55 Å². The highest BCUT2D eigenvalue weighted by molar-refractivity contribution is 7.17. The average molecular weight is 273 g/mol. The number of aliphatic hydroxyl groups excluding tert-OH is 2. The molecule has 0 aromatic carbocycles. The van der Waals surface area contributed by atoms with Crippen molar-refractivity contribution in [1.29, 1.82) is 0 Å². The van der Waals surface area contributed by atoms with Gasteiger partial charge in [0.1, 0.15) is 11.9 Å². The number of nitrogens with zero attached hydrogens (tertiary/aromatic N) is 2. The van der Waals surface area contributed by atoms with Crippen molar-refractivity contribution in [3.63, 3.8) is 0 Å². The first kappa shape index (κ1) is 13.4. The minimum absolute atomic E-state index is 0.157. The zero-order valence-electron chi connectivity index (χ0n) is 9.85. The van der Waals surface area contributed by atoms with Gasteiger partial charge in [-0.1, -0.05) is 0 Å². The molecule has 1 aromatic rings. The first-order chi connectivity index (χ1) is 8.45. The molecule has 0 amide bonds. The maximum atomic E-state index is 11.7. The first-order valence-corrected chi connectivity index (χ1v) is 6.17. The van der Waals surface area contributed by atoms with E-state index in [9.17, 15) is 9.90 Å². The van der Waals surface area contributed by atoms with Crippen LogP contribution in [0.15, 0.2) is 11.0 Å². The Balaban J connectivity index is 2.39. The highest BCUT2D eigenvalue weighted by Gasteiger charge is 2.42. The Morgan fingerprint density at radius 2 is 2.33 bits per heavy atom. The van der Waals surface area contributed by atoms with Crippen molar-refractivity contribution < 1.29 is 14.9 Å². The smallest absolute Gasteiger partial charge is 0.351 e. The molecular formula is C10H16N3O4P.